The molecule has 0 saturated carbocycles. The molecule has 7 heteroatoms. The van der Waals surface area contributed by atoms with Crippen molar-refractivity contribution in [1.29, 1.82) is 0 Å². The molecule has 1 atom stereocenters. The van der Waals surface area contributed by atoms with E-state index in [9.17, 15) is 14.4 Å². The number of ether oxygens (including phenoxy) is 1. The molecule has 0 spiro atoms. The summed E-state index contributed by atoms with van der Waals surface area (Å²) in [6.45, 7) is 0.900. The SMILES string of the molecule is COCC(=O)N1CCN2C(=O)c3ccccc3NC(=O)[C@@H]2C1. The maximum absolute atomic E-state index is 12.6. The number of carbonyl (C=O) groups is 3. The molecule has 1 fully saturated rings. The van der Waals surface area contributed by atoms with Gasteiger partial charge in [-0.3, -0.25) is 14.4 Å². The molecule has 22 heavy (non-hydrogen) atoms. The summed E-state index contributed by atoms with van der Waals surface area (Å²) in [5.41, 5.74) is 0.997. The third-order valence-electron chi connectivity index (χ3n) is 3.98. The van der Waals surface area contributed by atoms with Crippen LogP contribution in [0.5, 0.6) is 0 Å². The number of carbonyl (C=O) groups excluding carboxylic acids is 3. The Morgan fingerprint density at radius 1 is 1.32 bits per heavy atom. The first kappa shape index (κ1) is 14.5. The van der Waals surface area contributed by atoms with Crippen molar-refractivity contribution in [2.24, 2.45) is 0 Å². The van der Waals surface area contributed by atoms with E-state index >= 15 is 0 Å². The van der Waals surface area contributed by atoms with Gasteiger partial charge in [-0.15, -0.1) is 0 Å². The summed E-state index contributed by atoms with van der Waals surface area (Å²) < 4.78 is 4.84. The molecule has 0 radical (unpaired) electrons. The Bertz CT molecular complexity index is 631. The summed E-state index contributed by atoms with van der Waals surface area (Å²) >= 11 is 0. The van der Waals surface area contributed by atoms with E-state index in [0.717, 1.165) is 0 Å². The van der Waals surface area contributed by atoms with Crippen molar-refractivity contribution in [2.45, 2.75) is 6.04 Å². The lowest BCUT2D eigenvalue weighted by Gasteiger charge is -2.39. The number of piperazine rings is 1. The Morgan fingerprint density at radius 2 is 2.09 bits per heavy atom. The highest BCUT2D eigenvalue weighted by atomic mass is 16.5. The molecular formula is C15H17N3O4. The average molecular weight is 303 g/mol. The van der Waals surface area contributed by atoms with Gasteiger partial charge in [0.25, 0.3) is 5.91 Å². The third kappa shape index (κ3) is 2.43. The van der Waals surface area contributed by atoms with Crippen LogP contribution in [0.1, 0.15) is 10.4 Å². The van der Waals surface area contributed by atoms with Crippen molar-refractivity contribution in [2.75, 3.05) is 38.7 Å². The second-order valence-electron chi connectivity index (χ2n) is 5.32. The van der Waals surface area contributed by atoms with Crippen LogP contribution < -0.4 is 5.32 Å². The predicted molar refractivity (Wildman–Crippen MR) is 78.4 cm³/mol. The Balaban J connectivity index is 1.86. The Kier molecular flexibility index (Phi) is 3.81. The molecule has 2 heterocycles. The molecule has 1 aromatic rings. The highest BCUT2D eigenvalue weighted by Gasteiger charge is 2.40. The molecule has 0 aromatic heterocycles. The van der Waals surface area contributed by atoms with Gasteiger partial charge >= 0.3 is 0 Å². The predicted octanol–water partition coefficient (Wildman–Crippen LogP) is -0.0619. The highest BCUT2D eigenvalue weighted by Crippen LogP contribution is 2.25. The average Bonchev–Trinajstić information content (AvgIpc) is 2.63. The fraction of sp³-hybridized carbons (Fsp3) is 0.400. The van der Waals surface area contributed by atoms with E-state index in [-0.39, 0.29) is 30.9 Å². The maximum Gasteiger partial charge on any atom is 0.256 e. The van der Waals surface area contributed by atoms with Crippen molar-refractivity contribution in [1.82, 2.24) is 9.80 Å². The van der Waals surface area contributed by atoms with E-state index in [1.54, 1.807) is 29.2 Å². The Morgan fingerprint density at radius 3 is 2.86 bits per heavy atom. The third-order valence-corrected chi connectivity index (χ3v) is 3.98. The van der Waals surface area contributed by atoms with Crippen LogP contribution in [0.25, 0.3) is 0 Å². The van der Waals surface area contributed by atoms with Crippen LogP contribution in [0.4, 0.5) is 5.69 Å². The Labute approximate surface area is 127 Å². The van der Waals surface area contributed by atoms with E-state index in [4.69, 9.17) is 4.74 Å². The maximum atomic E-state index is 12.6. The first-order chi connectivity index (χ1) is 10.6. The molecule has 3 amide bonds. The van der Waals surface area contributed by atoms with E-state index in [1.165, 1.54) is 12.0 Å². The Hall–Kier alpha value is -2.41. The standard InChI is InChI=1S/C15H17N3O4/c1-22-9-13(19)17-6-7-18-12(8-17)14(20)16-11-5-3-2-4-10(11)15(18)21/h2-5,12H,6-9H2,1H3,(H,16,20)/t12-/m0/s1. The number of amides is 3. The van der Waals surface area contributed by atoms with Crippen molar-refractivity contribution >= 4 is 23.4 Å². The molecule has 1 aromatic carbocycles. The molecule has 7 nitrogen and oxygen atoms in total. The minimum Gasteiger partial charge on any atom is -0.375 e. The van der Waals surface area contributed by atoms with Gasteiger partial charge in [0.05, 0.1) is 17.8 Å². The van der Waals surface area contributed by atoms with Gasteiger partial charge in [-0.2, -0.15) is 0 Å². The van der Waals surface area contributed by atoms with Gasteiger partial charge in [-0.25, -0.2) is 0 Å². The number of nitrogens with one attached hydrogen (secondary N) is 1. The van der Waals surface area contributed by atoms with Gasteiger partial charge < -0.3 is 19.9 Å². The van der Waals surface area contributed by atoms with Crippen LogP contribution in [-0.4, -0.2) is 66.9 Å². The number of benzene rings is 1. The largest absolute Gasteiger partial charge is 0.375 e. The number of methoxy groups -OCH3 is 1. The number of anilines is 1. The molecule has 2 aliphatic rings. The van der Waals surface area contributed by atoms with E-state index < -0.39 is 6.04 Å². The quantitative estimate of drug-likeness (QED) is 0.830. The fourth-order valence-corrected chi connectivity index (χ4v) is 2.84. The van der Waals surface area contributed by atoms with Crippen LogP contribution in [0.3, 0.4) is 0 Å². The summed E-state index contributed by atoms with van der Waals surface area (Å²) in [5.74, 6) is -0.629. The van der Waals surface area contributed by atoms with Crippen molar-refractivity contribution in [3.8, 4) is 0 Å². The highest BCUT2D eigenvalue weighted by molar-refractivity contribution is 6.10. The zero-order valence-corrected chi connectivity index (χ0v) is 12.2. The van der Waals surface area contributed by atoms with Crippen molar-refractivity contribution < 1.29 is 19.1 Å². The summed E-state index contributed by atoms with van der Waals surface area (Å²) in [6.07, 6.45) is 0. The van der Waals surface area contributed by atoms with Crippen molar-refractivity contribution in [3.05, 3.63) is 29.8 Å². The summed E-state index contributed by atoms with van der Waals surface area (Å²) in [5, 5.41) is 2.77. The van der Waals surface area contributed by atoms with Crippen LogP contribution in [0.15, 0.2) is 24.3 Å². The lowest BCUT2D eigenvalue weighted by molar-refractivity contribution is -0.139. The number of hydrogen-bond donors (Lipinski definition) is 1. The van der Waals surface area contributed by atoms with Gasteiger partial charge in [0.15, 0.2) is 0 Å². The monoisotopic (exact) mass is 303 g/mol. The molecule has 1 N–H and O–H groups in total. The number of rotatable bonds is 2. The first-order valence-electron chi connectivity index (χ1n) is 7.09. The lowest BCUT2D eigenvalue weighted by Crippen LogP contribution is -2.59. The van der Waals surface area contributed by atoms with E-state index in [2.05, 4.69) is 5.32 Å². The topological polar surface area (TPSA) is 79.0 Å². The second-order valence-corrected chi connectivity index (χ2v) is 5.32. The van der Waals surface area contributed by atoms with Gasteiger partial charge in [0.2, 0.25) is 11.8 Å². The number of fused-ring (bicyclic) bond motifs is 2. The molecular weight excluding hydrogens is 286 g/mol. The van der Waals surface area contributed by atoms with Gasteiger partial charge in [0, 0.05) is 20.2 Å². The van der Waals surface area contributed by atoms with Crippen molar-refractivity contribution in [3.63, 3.8) is 0 Å². The molecule has 0 aliphatic carbocycles. The van der Waals surface area contributed by atoms with Gasteiger partial charge in [0.1, 0.15) is 12.6 Å². The molecule has 0 unspecified atom stereocenters. The number of para-hydroxylation sites is 1. The molecule has 0 bridgehead atoms. The number of nitrogens with zero attached hydrogens (tertiary/aromatic N) is 2. The van der Waals surface area contributed by atoms with Gasteiger partial charge in [-0.1, -0.05) is 12.1 Å². The summed E-state index contributed by atoms with van der Waals surface area (Å²) in [7, 11) is 1.45. The minimum atomic E-state index is -0.672. The van der Waals surface area contributed by atoms with E-state index in [0.29, 0.717) is 24.3 Å². The normalized spacial score (nSPS) is 20.9. The molecule has 2 aliphatic heterocycles. The van der Waals surface area contributed by atoms with Crippen LogP contribution in [-0.2, 0) is 14.3 Å². The zero-order chi connectivity index (χ0) is 15.7. The van der Waals surface area contributed by atoms with Crippen LogP contribution >= 0.6 is 0 Å². The zero-order valence-electron chi connectivity index (χ0n) is 12.2. The smallest absolute Gasteiger partial charge is 0.256 e. The molecule has 1 saturated heterocycles. The lowest BCUT2D eigenvalue weighted by atomic mass is 10.1. The number of hydrogen-bond acceptors (Lipinski definition) is 4. The van der Waals surface area contributed by atoms with Gasteiger partial charge in [-0.05, 0) is 12.1 Å². The molecule has 116 valence electrons. The molecule has 3 rings (SSSR count). The summed E-state index contributed by atoms with van der Waals surface area (Å²) in [4.78, 5) is 40.1. The second kappa shape index (κ2) is 5.76. The first-order valence-corrected chi connectivity index (χ1v) is 7.09. The van der Waals surface area contributed by atoms with E-state index in [1.807, 2.05) is 0 Å². The minimum absolute atomic E-state index is 0.0253. The van der Waals surface area contributed by atoms with Crippen LogP contribution in [0.2, 0.25) is 0 Å². The van der Waals surface area contributed by atoms with Crippen LogP contribution in [0, 0.1) is 0 Å². The fourth-order valence-electron chi connectivity index (χ4n) is 2.84. The summed E-state index contributed by atoms with van der Waals surface area (Å²) in [6, 6.07) is 6.27.